The van der Waals surface area contributed by atoms with Crippen molar-refractivity contribution in [2.24, 2.45) is 5.10 Å². The molecule has 0 bridgehead atoms. The molecule has 2 aliphatic rings. The molecule has 2 aromatic carbocycles. The van der Waals surface area contributed by atoms with E-state index in [-0.39, 0.29) is 0 Å². The fraction of sp³-hybridized carbons (Fsp3) is 0.222. The predicted octanol–water partition coefficient (Wildman–Crippen LogP) is 4.02. The van der Waals surface area contributed by atoms with Crippen LogP contribution in [0.5, 0.6) is 5.75 Å². The molecule has 0 aliphatic carbocycles. The first-order chi connectivity index (χ1) is 12.8. The lowest BCUT2D eigenvalue weighted by atomic mass is 9.80. The van der Waals surface area contributed by atoms with Gasteiger partial charge in [-0.3, -0.25) is 14.9 Å². The molecular formula is C18H13BrClN3O4. The van der Waals surface area contributed by atoms with E-state index < -0.39 is 28.9 Å². The van der Waals surface area contributed by atoms with Gasteiger partial charge >= 0.3 is 0 Å². The normalized spacial score (nSPS) is 23.4. The number of hydrogen-bond acceptors (Lipinski definition) is 5. The molecule has 0 aromatic heterocycles. The summed E-state index contributed by atoms with van der Waals surface area (Å²) in [4.78, 5) is 24.3. The summed E-state index contributed by atoms with van der Waals surface area (Å²) in [5.74, 6) is -0.927. The number of para-hydroxylation sites is 1. The summed E-state index contributed by atoms with van der Waals surface area (Å²) in [5, 5.41) is 17.4. The Bertz CT molecular complexity index is 998. The highest BCUT2D eigenvalue weighted by atomic mass is 79.9. The van der Waals surface area contributed by atoms with Gasteiger partial charge in [-0.25, -0.2) is 0 Å². The van der Waals surface area contributed by atoms with Crippen molar-refractivity contribution in [3.05, 3.63) is 67.6 Å². The Morgan fingerprint density at radius 2 is 2.07 bits per heavy atom. The Morgan fingerprint density at radius 1 is 1.37 bits per heavy atom. The van der Waals surface area contributed by atoms with Gasteiger partial charge in [0.2, 0.25) is 12.1 Å². The van der Waals surface area contributed by atoms with Crippen LogP contribution in [0.1, 0.15) is 18.4 Å². The summed E-state index contributed by atoms with van der Waals surface area (Å²) < 4.78 is 6.64. The Labute approximate surface area is 167 Å². The van der Waals surface area contributed by atoms with Crippen LogP contribution < -0.4 is 9.75 Å². The number of benzene rings is 2. The minimum atomic E-state index is -1.57. The first kappa shape index (κ1) is 17.9. The molecule has 138 valence electrons. The average Bonchev–Trinajstić information content (AvgIpc) is 3.07. The van der Waals surface area contributed by atoms with Gasteiger partial charge in [-0.1, -0.05) is 29.8 Å². The molecule has 2 aromatic rings. The van der Waals surface area contributed by atoms with E-state index in [0.29, 0.717) is 32.2 Å². The zero-order chi connectivity index (χ0) is 19.3. The number of carbonyl (C=O) groups excluding carboxylic acids is 1. The number of hydrazone groups is 1. The van der Waals surface area contributed by atoms with Gasteiger partial charge in [0.25, 0.3) is 5.91 Å². The maximum Gasteiger partial charge on any atom is 0.298 e. The number of nitro groups is 1. The van der Waals surface area contributed by atoms with E-state index in [1.54, 1.807) is 43.3 Å². The quantitative estimate of drug-likeness (QED) is 0.522. The van der Waals surface area contributed by atoms with Gasteiger partial charge in [-0.2, -0.15) is 10.1 Å². The fourth-order valence-corrected chi connectivity index (χ4v) is 4.53. The van der Waals surface area contributed by atoms with Gasteiger partial charge in [-0.05, 0) is 47.1 Å². The lowest BCUT2D eigenvalue weighted by Gasteiger charge is -2.27. The van der Waals surface area contributed by atoms with E-state index in [1.807, 2.05) is 6.07 Å². The number of carbonyl (C=O) groups is 1. The molecule has 2 heterocycles. The van der Waals surface area contributed by atoms with Gasteiger partial charge < -0.3 is 4.74 Å². The number of nitrogens with zero attached hydrogens (tertiary/aromatic N) is 3. The van der Waals surface area contributed by atoms with Crippen molar-refractivity contribution in [1.82, 2.24) is 0 Å². The monoisotopic (exact) mass is 449 g/mol. The van der Waals surface area contributed by atoms with E-state index >= 15 is 0 Å². The number of fused-ring (bicyclic) bond motifs is 1. The molecule has 4 rings (SSSR count). The van der Waals surface area contributed by atoms with Crippen LogP contribution in [0.25, 0.3) is 0 Å². The molecule has 9 heteroatoms. The Balaban J connectivity index is 1.86. The molecule has 0 radical (unpaired) electrons. The van der Waals surface area contributed by atoms with Crippen LogP contribution in [-0.4, -0.2) is 28.7 Å². The molecule has 2 aliphatic heterocycles. The smallest absolute Gasteiger partial charge is 0.298 e. The van der Waals surface area contributed by atoms with Crippen molar-refractivity contribution in [3.63, 3.8) is 0 Å². The SMILES string of the molecule is CC1=NN(c2ccccc2)C(=O)[C@@]12Oc1c(Br)cc(Cl)cc1[C@@H]2C[N+](=O)[O-]. The second kappa shape index (κ2) is 6.31. The van der Waals surface area contributed by atoms with Gasteiger partial charge in [-0.15, -0.1) is 0 Å². The number of amides is 1. The molecule has 0 N–H and O–H groups in total. The van der Waals surface area contributed by atoms with Crippen LogP contribution in [0.4, 0.5) is 5.69 Å². The molecule has 0 unspecified atom stereocenters. The number of ether oxygens (including phenoxy) is 1. The van der Waals surface area contributed by atoms with E-state index in [9.17, 15) is 14.9 Å². The number of rotatable bonds is 3. The van der Waals surface area contributed by atoms with Crippen molar-refractivity contribution >= 4 is 44.8 Å². The molecular weight excluding hydrogens is 438 g/mol. The minimum Gasteiger partial charge on any atom is -0.469 e. The van der Waals surface area contributed by atoms with Gasteiger partial charge in [0.15, 0.2) is 0 Å². The first-order valence-electron chi connectivity index (χ1n) is 8.09. The Kier molecular flexibility index (Phi) is 4.20. The summed E-state index contributed by atoms with van der Waals surface area (Å²) in [7, 11) is 0. The van der Waals surface area contributed by atoms with Crippen LogP contribution in [0.15, 0.2) is 52.0 Å². The molecule has 1 spiro atoms. The van der Waals surface area contributed by atoms with Gasteiger partial charge in [0.05, 0.1) is 15.9 Å². The number of anilines is 1. The lowest BCUT2D eigenvalue weighted by Crippen LogP contribution is -2.54. The second-order valence-electron chi connectivity index (χ2n) is 6.35. The number of halogens is 2. The maximum absolute atomic E-state index is 13.4. The zero-order valence-electron chi connectivity index (χ0n) is 14.1. The van der Waals surface area contributed by atoms with Crippen molar-refractivity contribution in [1.29, 1.82) is 0 Å². The van der Waals surface area contributed by atoms with E-state index in [1.165, 1.54) is 5.01 Å². The second-order valence-corrected chi connectivity index (χ2v) is 7.64. The molecule has 0 saturated carbocycles. The van der Waals surface area contributed by atoms with Crippen molar-refractivity contribution in [2.75, 3.05) is 11.6 Å². The summed E-state index contributed by atoms with van der Waals surface area (Å²) in [5.41, 5.74) is -0.125. The lowest BCUT2D eigenvalue weighted by molar-refractivity contribution is -0.484. The van der Waals surface area contributed by atoms with Crippen LogP contribution in [-0.2, 0) is 4.79 Å². The highest BCUT2D eigenvalue weighted by Crippen LogP contribution is 2.52. The summed E-state index contributed by atoms with van der Waals surface area (Å²) in [6, 6.07) is 12.1. The molecule has 0 saturated heterocycles. The van der Waals surface area contributed by atoms with Gasteiger partial charge in [0.1, 0.15) is 11.7 Å². The predicted molar refractivity (Wildman–Crippen MR) is 104 cm³/mol. The topological polar surface area (TPSA) is 85.0 Å². The average molecular weight is 451 g/mol. The summed E-state index contributed by atoms with van der Waals surface area (Å²) in [6.07, 6.45) is 0. The molecule has 0 fully saturated rings. The van der Waals surface area contributed by atoms with Crippen molar-refractivity contribution in [2.45, 2.75) is 18.4 Å². The minimum absolute atomic E-state index is 0.363. The van der Waals surface area contributed by atoms with Gasteiger partial charge in [0, 0.05) is 15.5 Å². The fourth-order valence-electron chi connectivity index (χ4n) is 3.62. The largest absolute Gasteiger partial charge is 0.469 e. The van der Waals surface area contributed by atoms with E-state index in [0.717, 1.165) is 0 Å². The first-order valence-corrected chi connectivity index (χ1v) is 9.26. The molecule has 7 nitrogen and oxygen atoms in total. The Hall–Kier alpha value is -2.45. The van der Waals surface area contributed by atoms with Crippen LogP contribution >= 0.6 is 27.5 Å². The number of hydrogen-bond donors (Lipinski definition) is 0. The highest BCUT2D eigenvalue weighted by Gasteiger charge is 2.64. The highest BCUT2D eigenvalue weighted by molar-refractivity contribution is 9.10. The van der Waals surface area contributed by atoms with Crippen molar-refractivity contribution < 1.29 is 14.5 Å². The zero-order valence-corrected chi connectivity index (χ0v) is 16.4. The molecule has 27 heavy (non-hydrogen) atoms. The third kappa shape index (κ3) is 2.62. The Morgan fingerprint density at radius 3 is 2.74 bits per heavy atom. The third-order valence-corrected chi connectivity index (χ3v) is 5.60. The standard InChI is InChI=1S/C18H13BrClN3O4/c1-10-18(17(24)23(21-10)12-5-3-2-4-6-12)14(9-22(25)26)13-7-11(20)8-15(19)16(13)27-18/h2-8,14H,9H2,1H3/t14-,18+/m0/s1. The molecule has 1 amide bonds. The van der Waals surface area contributed by atoms with Crippen LogP contribution in [0, 0.1) is 10.1 Å². The molecule has 2 atom stereocenters. The maximum atomic E-state index is 13.4. The van der Waals surface area contributed by atoms with E-state index in [4.69, 9.17) is 16.3 Å². The summed E-state index contributed by atoms with van der Waals surface area (Å²) in [6.45, 7) is 1.16. The third-order valence-electron chi connectivity index (χ3n) is 4.80. The van der Waals surface area contributed by atoms with Crippen molar-refractivity contribution in [3.8, 4) is 5.75 Å². The van der Waals surface area contributed by atoms with E-state index in [2.05, 4.69) is 21.0 Å². The van der Waals surface area contributed by atoms with Crippen LogP contribution in [0.2, 0.25) is 5.02 Å². The van der Waals surface area contributed by atoms with Crippen LogP contribution in [0.3, 0.4) is 0 Å². The summed E-state index contributed by atoms with van der Waals surface area (Å²) >= 11 is 9.52.